The zero-order chi connectivity index (χ0) is 23.2. The van der Waals surface area contributed by atoms with Crippen molar-refractivity contribution in [3.8, 4) is 11.5 Å². The molecule has 1 aromatic carbocycles. The summed E-state index contributed by atoms with van der Waals surface area (Å²) in [5.41, 5.74) is 3.33. The third kappa shape index (κ3) is 3.81. The van der Waals surface area contributed by atoms with E-state index in [1.807, 2.05) is 25.2 Å². The van der Waals surface area contributed by atoms with E-state index in [9.17, 15) is 4.79 Å². The molecule has 4 aromatic rings. The molecule has 1 amide bonds. The van der Waals surface area contributed by atoms with Crippen LogP contribution in [0.25, 0.3) is 33.3 Å². The fourth-order valence-corrected chi connectivity index (χ4v) is 4.43. The molecule has 0 bridgehead atoms. The van der Waals surface area contributed by atoms with Crippen molar-refractivity contribution in [2.24, 2.45) is 5.92 Å². The average Bonchev–Trinajstić information content (AvgIpc) is 3.62. The molecule has 0 spiro atoms. The second-order valence-corrected chi connectivity index (χ2v) is 8.95. The van der Waals surface area contributed by atoms with Crippen LogP contribution in [0.4, 0.5) is 17.3 Å². The molecule has 1 saturated carbocycles. The number of hydrogen-bond donors (Lipinski definition) is 2. The zero-order valence-electron chi connectivity index (χ0n) is 19.2. The van der Waals surface area contributed by atoms with Crippen LogP contribution in [-0.4, -0.2) is 53.7 Å². The minimum Gasteiger partial charge on any atom is -0.436 e. The number of fused-ring (bicyclic) bond motifs is 2. The van der Waals surface area contributed by atoms with Crippen LogP contribution in [0.3, 0.4) is 0 Å². The molecule has 3 aromatic heterocycles. The normalized spacial score (nSPS) is 18.4. The Morgan fingerprint density at radius 3 is 2.82 bits per heavy atom. The molecular formula is C25H26N6O3. The van der Waals surface area contributed by atoms with Gasteiger partial charge in [0.1, 0.15) is 17.2 Å². The van der Waals surface area contributed by atoms with E-state index in [4.69, 9.17) is 14.1 Å². The Labute approximate surface area is 196 Å². The van der Waals surface area contributed by atoms with Crippen molar-refractivity contribution in [3.05, 3.63) is 36.7 Å². The average molecular weight is 459 g/mol. The Bertz CT molecular complexity index is 1400. The van der Waals surface area contributed by atoms with E-state index in [0.717, 1.165) is 53.5 Å². The van der Waals surface area contributed by atoms with Crippen molar-refractivity contribution in [3.63, 3.8) is 0 Å². The smallest absolute Gasteiger partial charge is 0.229 e. The predicted octanol–water partition coefficient (Wildman–Crippen LogP) is 4.05. The van der Waals surface area contributed by atoms with Crippen molar-refractivity contribution in [2.45, 2.75) is 25.9 Å². The summed E-state index contributed by atoms with van der Waals surface area (Å²) < 4.78 is 11.9. The summed E-state index contributed by atoms with van der Waals surface area (Å²) in [5, 5.41) is 7.72. The van der Waals surface area contributed by atoms with Gasteiger partial charge in [-0.15, -0.1) is 0 Å². The molecule has 0 unspecified atom stereocenters. The third-order valence-corrected chi connectivity index (χ3v) is 6.42. The Morgan fingerprint density at radius 2 is 2.03 bits per heavy atom. The summed E-state index contributed by atoms with van der Waals surface area (Å²) in [6, 6.07) is 7.95. The van der Waals surface area contributed by atoms with Crippen LogP contribution in [0.5, 0.6) is 0 Å². The van der Waals surface area contributed by atoms with Crippen molar-refractivity contribution >= 4 is 45.1 Å². The number of morpholine rings is 1. The first kappa shape index (κ1) is 20.9. The largest absolute Gasteiger partial charge is 0.436 e. The highest BCUT2D eigenvalue weighted by atomic mass is 16.5. The summed E-state index contributed by atoms with van der Waals surface area (Å²) in [7, 11) is 1.82. The molecule has 0 radical (unpaired) electrons. The van der Waals surface area contributed by atoms with Gasteiger partial charge in [0, 0.05) is 61.0 Å². The van der Waals surface area contributed by atoms with E-state index in [2.05, 4.69) is 38.5 Å². The van der Waals surface area contributed by atoms with Gasteiger partial charge in [-0.25, -0.2) is 15.0 Å². The maximum absolute atomic E-state index is 12.3. The van der Waals surface area contributed by atoms with Gasteiger partial charge in [0.25, 0.3) is 0 Å². The molecule has 34 heavy (non-hydrogen) atoms. The molecular weight excluding hydrogens is 432 g/mol. The first-order valence-corrected chi connectivity index (χ1v) is 11.6. The number of nitrogens with zero attached hydrogens (tertiary/aromatic N) is 4. The number of oxazole rings is 1. The lowest BCUT2D eigenvalue weighted by atomic mass is 10.1. The highest BCUT2D eigenvalue weighted by molar-refractivity contribution is 6.03. The fourth-order valence-electron chi connectivity index (χ4n) is 4.43. The van der Waals surface area contributed by atoms with E-state index >= 15 is 0 Å². The maximum Gasteiger partial charge on any atom is 0.229 e. The van der Waals surface area contributed by atoms with E-state index < -0.39 is 0 Å². The Kier molecular flexibility index (Phi) is 5.06. The molecule has 1 aliphatic heterocycles. The standard InChI is InChI=1S/C25H26N6O3/c1-14-13-31(7-8-33-14)16-5-6-20-21(9-16)34-25(29-20)19-12-28-23(26-2)18-11-27-22(10-17(18)19)30-24(32)15-3-4-15/h5-6,9-12,14-15H,3-4,7-8,13H2,1-2H3,(H,26,28)(H,27,30,32)/t14-/m0/s1. The number of carbonyl (C=O) groups is 1. The van der Waals surface area contributed by atoms with Crippen LogP contribution < -0.4 is 15.5 Å². The molecule has 4 heterocycles. The van der Waals surface area contributed by atoms with E-state index in [1.54, 1.807) is 12.4 Å². The van der Waals surface area contributed by atoms with Crippen LogP contribution in [0.15, 0.2) is 41.1 Å². The zero-order valence-corrected chi connectivity index (χ0v) is 19.2. The SMILES string of the molecule is CNc1ncc(-c2nc3ccc(N4CCO[C@@H](C)C4)cc3o2)c2cc(NC(=O)C3CC3)ncc12. The van der Waals surface area contributed by atoms with Gasteiger partial charge in [0.15, 0.2) is 5.58 Å². The number of amides is 1. The molecule has 1 saturated heterocycles. The number of pyridine rings is 2. The minimum absolute atomic E-state index is 0.0168. The monoisotopic (exact) mass is 458 g/mol. The molecule has 2 fully saturated rings. The Hall–Kier alpha value is -3.72. The summed E-state index contributed by atoms with van der Waals surface area (Å²) in [5.74, 6) is 1.81. The molecule has 6 rings (SSSR count). The molecule has 2 N–H and O–H groups in total. The molecule has 9 heteroatoms. The van der Waals surface area contributed by atoms with Crippen LogP contribution in [-0.2, 0) is 9.53 Å². The van der Waals surface area contributed by atoms with Crippen molar-refractivity contribution in [2.75, 3.05) is 42.3 Å². The lowest BCUT2D eigenvalue weighted by Gasteiger charge is -2.32. The van der Waals surface area contributed by atoms with Gasteiger partial charge in [-0.3, -0.25) is 4.79 Å². The second-order valence-electron chi connectivity index (χ2n) is 8.95. The lowest BCUT2D eigenvalue weighted by Crippen LogP contribution is -2.41. The predicted molar refractivity (Wildman–Crippen MR) is 131 cm³/mol. The molecule has 1 aliphatic carbocycles. The third-order valence-electron chi connectivity index (χ3n) is 6.42. The molecule has 174 valence electrons. The van der Waals surface area contributed by atoms with Crippen LogP contribution in [0.2, 0.25) is 0 Å². The van der Waals surface area contributed by atoms with E-state index in [1.165, 1.54) is 0 Å². The molecule has 9 nitrogen and oxygen atoms in total. The number of aromatic nitrogens is 3. The Morgan fingerprint density at radius 1 is 1.15 bits per heavy atom. The van der Waals surface area contributed by atoms with Gasteiger partial charge in [0.05, 0.1) is 18.3 Å². The van der Waals surface area contributed by atoms with Gasteiger partial charge in [-0.05, 0) is 38.0 Å². The second kappa shape index (κ2) is 8.25. The van der Waals surface area contributed by atoms with Crippen molar-refractivity contribution < 1.29 is 13.9 Å². The van der Waals surface area contributed by atoms with Gasteiger partial charge in [-0.1, -0.05) is 0 Å². The van der Waals surface area contributed by atoms with Gasteiger partial charge in [0.2, 0.25) is 11.8 Å². The van der Waals surface area contributed by atoms with Crippen molar-refractivity contribution in [1.29, 1.82) is 0 Å². The molecule has 1 atom stereocenters. The number of ether oxygens (including phenoxy) is 1. The van der Waals surface area contributed by atoms with Crippen LogP contribution >= 0.6 is 0 Å². The quantitative estimate of drug-likeness (QED) is 0.461. The fraction of sp³-hybridized carbons (Fsp3) is 0.360. The first-order chi connectivity index (χ1) is 16.6. The van der Waals surface area contributed by atoms with Crippen molar-refractivity contribution in [1.82, 2.24) is 15.0 Å². The minimum atomic E-state index is 0.0168. The summed E-state index contributed by atoms with van der Waals surface area (Å²) >= 11 is 0. The number of anilines is 3. The van der Waals surface area contributed by atoms with Crippen LogP contribution in [0, 0.1) is 5.92 Å². The number of benzene rings is 1. The highest BCUT2D eigenvalue weighted by Gasteiger charge is 2.30. The van der Waals surface area contributed by atoms with Gasteiger partial charge < -0.3 is 24.7 Å². The number of rotatable bonds is 5. The molecule has 2 aliphatic rings. The number of carbonyl (C=O) groups excluding carboxylic acids is 1. The summed E-state index contributed by atoms with van der Waals surface area (Å²) in [4.78, 5) is 28.3. The van der Waals surface area contributed by atoms with E-state index in [-0.39, 0.29) is 17.9 Å². The van der Waals surface area contributed by atoms with E-state index in [0.29, 0.717) is 29.7 Å². The van der Waals surface area contributed by atoms with Gasteiger partial charge >= 0.3 is 0 Å². The highest BCUT2D eigenvalue weighted by Crippen LogP contribution is 2.35. The maximum atomic E-state index is 12.3. The summed E-state index contributed by atoms with van der Waals surface area (Å²) in [6.07, 6.45) is 5.54. The number of nitrogens with one attached hydrogen (secondary N) is 2. The lowest BCUT2D eigenvalue weighted by molar-refractivity contribution is -0.117. The van der Waals surface area contributed by atoms with Gasteiger partial charge in [-0.2, -0.15) is 0 Å². The Balaban J connectivity index is 1.40. The summed E-state index contributed by atoms with van der Waals surface area (Å²) in [6.45, 7) is 4.48. The number of hydrogen-bond acceptors (Lipinski definition) is 8. The van der Waals surface area contributed by atoms with Crippen LogP contribution in [0.1, 0.15) is 19.8 Å². The topological polar surface area (TPSA) is 105 Å². The first-order valence-electron chi connectivity index (χ1n) is 11.6.